The monoisotopic (exact) mass is 413 g/mol. The Labute approximate surface area is 172 Å². The summed E-state index contributed by atoms with van der Waals surface area (Å²) in [5.41, 5.74) is 2.92. The molecule has 8 heteroatoms. The van der Waals surface area contributed by atoms with E-state index in [0.29, 0.717) is 26.3 Å². The van der Waals surface area contributed by atoms with Crippen molar-refractivity contribution in [3.8, 4) is 0 Å². The number of hydrogen-bond acceptors (Lipinski definition) is 6. The zero-order chi connectivity index (χ0) is 21.3. The van der Waals surface area contributed by atoms with Gasteiger partial charge in [0.1, 0.15) is 15.7 Å². The molecule has 0 saturated heterocycles. The largest absolute Gasteiger partial charge is 0.462 e. The fourth-order valence-corrected chi connectivity index (χ4v) is 4.09. The number of aromatic nitrogens is 2. The van der Waals surface area contributed by atoms with Crippen LogP contribution in [-0.4, -0.2) is 28.0 Å². The first-order valence-corrected chi connectivity index (χ1v) is 10.1. The summed E-state index contributed by atoms with van der Waals surface area (Å²) in [7, 11) is 0. The number of aryl methyl sites for hydroxylation is 2. The molecule has 3 rings (SSSR count). The molecule has 0 saturated carbocycles. The highest BCUT2D eigenvalue weighted by atomic mass is 32.1. The second-order valence-corrected chi connectivity index (χ2v) is 7.83. The summed E-state index contributed by atoms with van der Waals surface area (Å²) in [6, 6.07) is 4.89. The summed E-state index contributed by atoms with van der Waals surface area (Å²) in [6.45, 7) is 9.21. The van der Waals surface area contributed by atoms with Gasteiger partial charge in [-0.3, -0.25) is 14.2 Å². The Morgan fingerprint density at radius 3 is 2.66 bits per heavy atom. The third-order valence-corrected chi connectivity index (χ3v) is 6.18. The standard InChI is InChI=1S/C21H23N3O4S/c1-6-28-21(27)17-13(4)16-19(29-17)22-10-24(20(16)26)14(5)18(25)23-15-9-7-8-11(2)12(15)3/h7-10,14H,6H2,1-5H3,(H,23,25)/t14-/m1/s1. The van der Waals surface area contributed by atoms with Crippen molar-refractivity contribution in [3.05, 3.63) is 56.4 Å². The number of esters is 1. The molecule has 1 atom stereocenters. The van der Waals surface area contributed by atoms with E-state index in [1.807, 2.05) is 32.0 Å². The van der Waals surface area contributed by atoms with Gasteiger partial charge in [0.15, 0.2) is 0 Å². The summed E-state index contributed by atoms with van der Waals surface area (Å²) >= 11 is 1.12. The molecule has 0 aliphatic rings. The number of fused-ring (bicyclic) bond motifs is 1. The number of nitrogens with one attached hydrogen (secondary N) is 1. The Bertz CT molecular complexity index is 1160. The van der Waals surface area contributed by atoms with Crippen LogP contribution in [0.25, 0.3) is 10.2 Å². The van der Waals surface area contributed by atoms with Crippen LogP contribution in [0.3, 0.4) is 0 Å². The van der Waals surface area contributed by atoms with E-state index in [1.54, 1.807) is 20.8 Å². The van der Waals surface area contributed by atoms with Crippen LogP contribution < -0.4 is 10.9 Å². The highest BCUT2D eigenvalue weighted by molar-refractivity contribution is 7.20. The average molecular weight is 413 g/mol. The minimum Gasteiger partial charge on any atom is -0.462 e. The quantitative estimate of drug-likeness (QED) is 0.643. The minimum absolute atomic E-state index is 0.250. The molecule has 152 valence electrons. The predicted molar refractivity (Wildman–Crippen MR) is 114 cm³/mol. The van der Waals surface area contributed by atoms with Crippen molar-refractivity contribution in [2.24, 2.45) is 0 Å². The van der Waals surface area contributed by atoms with E-state index in [0.717, 1.165) is 22.5 Å². The molecule has 1 aromatic carbocycles. The van der Waals surface area contributed by atoms with Crippen LogP contribution in [0.15, 0.2) is 29.3 Å². The summed E-state index contributed by atoms with van der Waals surface area (Å²) in [5, 5.41) is 3.22. The Morgan fingerprint density at radius 1 is 1.24 bits per heavy atom. The summed E-state index contributed by atoms with van der Waals surface area (Å²) < 4.78 is 6.34. The van der Waals surface area contributed by atoms with Gasteiger partial charge in [-0.05, 0) is 57.4 Å². The van der Waals surface area contributed by atoms with Gasteiger partial charge in [-0.25, -0.2) is 9.78 Å². The number of thiophene rings is 1. The van der Waals surface area contributed by atoms with Gasteiger partial charge in [-0.2, -0.15) is 0 Å². The molecule has 0 unspecified atom stereocenters. The molecular formula is C21H23N3O4S. The highest BCUT2D eigenvalue weighted by Gasteiger charge is 2.23. The van der Waals surface area contributed by atoms with Gasteiger partial charge < -0.3 is 10.1 Å². The van der Waals surface area contributed by atoms with E-state index in [-0.39, 0.29) is 18.1 Å². The molecule has 0 radical (unpaired) electrons. The first-order valence-electron chi connectivity index (χ1n) is 9.30. The van der Waals surface area contributed by atoms with Crippen molar-refractivity contribution in [1.82, 2.24) is 9.55 Å². The van der Waals surface area contributed by atoms with E-state index in [2.05, 4.69) is 10.3 Å². The van der Waals surface area contributed by atoms with Crippen LogP contribution >= 0.6 is 11.3 Å². The van der Waals surface area contributed by atoms with Crippen LogP contribution in [0.2, 0.25) is 0 Å². The number of amides is 1. The molecule has 2 aromatic heterocycles. The maximum atomic E-state index is 13.1. The fraction of sp³-hybridized carbons (Fsp3) is 0.333. The van der Waals surface area contributed by atoms with Crippen molar-refractivity contribution in [3.63, 3.8) is 0 Å². The number of anilines is 1. The first-order chi connectivity index (χ1) is 13.8. The van der Waals surface area contributed by atoms with Crippen molar-refractivity contribution in [2.75, 3.05) is 11.9 Å². The molecule has 2 heterocycles. The van der Waals surface area contributed by atoms with E-state index in [4.69, 9.17) is 4.74 Å². The number of carbonyl (C=O) groups excluding carboxylic acids is 2. The third kappa shape index (κ3) is 3.80. The lowest BCUT2D eigenvalue weighted by molar-refractivity contribution is -0.118. The fourth-order valence-electron chi connectivity index (χ4n) is 3.05. The van der Waals surface area contributed by atoms with Crippen LogP contribution in [0, 0.1) is 20.8 Å². The van der Waals surface area contributed by atoms with Crippen molar-refractivity contribution < 1.29 is 14.3 Å². The minimum atomic E-state index is -0.773. The van der Waals surface area contributed by atoms with Gasteiger partial charge in [0.2, 0.25) is 5.91 Å². The van der Waals surface area contributed by atoms with E-state index in [1.165, 1.54) is 10.9 Å². The van der Waals surface area contributed by atoms with E-state index < -0.39 is 12.0 Å². The van der Waals surface area contributed by atoms with Crippen LogP contribution in [-0.2, 0) is 9.53 Å². The van der Waals surface area contributed by atoms with Gasteiger partial charge in [0, 0.05) is 5.69 Å². The Kier molecular flexibility index (Phi) is 5.83. The highest BCUT2D eigenvalue weighted by Crippen LogP contribution is 2.28. The summed E-state index contributed by atoms with van der Waals surface area (Å²) in [4.78, 5) is 43.1. The molecule has 0 aliphatic carbocycles. The number of nitrogens with zero attached hydrogens (tertiary/aromatic N) is 2. The van der Waals surface area contributed by atoms with Crippen molar-refractivity contribution >= 4 is 39.1 Å². The molecule has 0 bridgehead atoms. The normalized spacial score (nSPS) is 12.0. The molecule has 0 fully saturated rings. The molecule has 3 aromatic rings. The predicted octanol–water partition coefficient (Wildman–Crippen LogP) is 3.76. The Balaban J connectivity index is 1.96. The van der Waals surface area contributed by atoms with Gasteiger partial charge in [-0.1, -0.05) is 12.1 Å². The maximum Gasteiger partial charge on any atom is 0.348 e. The number of carbonyl (C=O) groups is 2. The lowest BCUT2D eigenvalue weighted by atomic mass is 10.1. The van der Waals surface area contributed by atoms with Gasteiger partial charge in [-0.15, -0.1) is 11.3 Å². The average Bonchev–Trinajstić information content (AvgIpc) is 3.03. The maximum absolute atomic E-state index is 13.1. The van der Waals surface area contributed by atoms with E-state index >= 15 is 0 Å². The lowest BCUT2D eigenvalue weighted by Gasteiger charge is -2.16. The number of rotatable bonds is 5. The number of benzene rings is 1. The molecular weight excluding hydrogens is 390 g/mol. The zero-order valence-electron chi connectivity index (χ0n) is 17.0. The lowest BCUT2D eigenvalue weighted by Crippen LogP contribution is -2.32. The van der Waals surface area contributed by atoms with Gasteiger partial charge in [0.25, 0.3) is 5.56 Å². The Hall–Kier alpha value is -3.00. The number of hydrogen-bond donors (Lipinski definition) is 1. The first kappa shape index (κ1) is 20.7. The van der Waals surface area contributed by atoms with Gasteiger partial charge >= 0.3 is 5.97 Å². The molecule has 0 spiro atoms. The second-order valence-electron chi connectivity index (χ2n) is 6.83. The van der Waals surface area contributed by atoms with Crippen LogP contribution in [0.5, 0.6) is 0 Å². The van der Waals surface area contributed by atoms with Crippen molar-refractivity contribution in [2.45, 2.75) is 40.7 Å². The summed E-state index contributed by atoms with van der Waals surface area (Å²) in [5.74, 6) is -0.792. The SMILES string of the molecule is CCOC(=O)c1sc2ncn([C@H](C)C(=O)Nc3cccc(C)c3C)c(=O)c2c1C. The van der Waals surface area contributed by atoms with Gasteiger partial charge in [0.05, 0.1) is 18.3 Å². The zero-order valence-corrected chi connectivity index (χ0v) is 17.8. The molecule has 0 aliphatic heterocycles. The topological polar surface area (TPSA) is 90.3 Å². The molecule has 7 nitrogen and oxygen atoms in total. The second kappa shape index (κ2) is 8.16. The molecule has 1 N–H and O–H groups in total. The van der Waals surface area contributed by atoms with E-state index in [9.17, 15) is 14.4 Å². The number of ether oxygens (including phenoxy) is 1. The van der Waals surface area contributed by atoms with Crippen molar-refractivity contribution in [1.29, 1.82) is 0 Å². The smallest absolute Gasteiger partial charge is 0.348 e. The summed E-state index contributed by atoms with van der Waals surface area (Å²) in [6.07, 6.45) is 1.35. The molecule has 1 amide bonds. The Morgan fingerprint density at radius 2 is 1.97 bits per heavy atom. The molecule has 29 heavy (non-hydrogen) atoms. The van der Waals surface area contributed by atoms with Crippen LogP contribution in [0.4, 0.5) is 5.69 Å². The van der Waals surface area contributed by atoms with Crippen LogP contribution in [0.1, 0.15) is 46.3 Å². The third-order valence-electron chi connectivity index (χ3n) is 5.00.